The van der Waals surface area contributed by atoms with Gasteiger partial charge in [-0.3, -0.25) is 9.59 Å². The Morgan fingerprint density at radius 2 is 1.61 bits per heavy atom. The second-order valence-corrected chi connectivity index (χ2v) is 12.2. The molecule has 226 valence electrons. The van der Waals surface area contributed by atoms with E-state index in [-0.39, 0.29) is 36.4 Å². The van der Waals surface area contributed by atoms with Gasteiger partial charge in [0.1, 0.15) is 17.7 Å². The predicted octanol–water partition coefficient (Wildman–Crippen LogP) is 6.58. The van der Waals surface area contributed by atoms with Crippen molar-refractivity contribution >= 4 is 45.5 Å². The molecular weight excluding hydrogens is 632 g/mol. The summed E-state index contributed by atoms with van der Waals surface area (Å²) in [5.74, 6) is -2.16. The molecule has 0 N–H and O–H groups in total. The molecule has 44 heavy (non-hydrogen) atoms. The average molecular weight is 663 g/mol. The number of nitrogens with zero attached hydrogens (tertiary/aromatic N) is 3. The molecule has 3 unspecified atom stereocenters. The molecule has 3 aromatic carbocycles. The number of rotatable bonds is 7. The summed E-state index contributed by atoms with van der Waals surface area (Å²) in [6.45, 7) is -0.287. The number of carbonyl (C=O) groups excluding carboxylic acids is 3. The van der Waals surface area contributed by atoms with E-state index in [1.54, 1.807) is 24.3 Å². The number of hydrogen-bond acceptors (Lipinski definition) is 5. The van der Waals surface area contributed by atoms with Gasteiger partial charge in [0.25, 0.3) is 5.91 Å². The molecule has 3 aromatic rings. The first kappa shape index (κ1) is 29.9. The topological polar surface area (TPSA) is 79.3 Å². The monoisotopic (exact) mass is 661 g/mol. The van der Waals surface area contributed by atoms with Crippen molar-refractivity contribution < 1.29 is 27.9 Å². The highest BCUT2D eigenvalue weighted by Crippen LogP contribution is 2.44. The fourth-order valence-electron chi connectivity index (χ4n) is 6.22. The molecule has 6 rings (SSSR count). The molecule has 2 amide bonds. The smallest absolute Gasteiger partial charge is 0.329 e. The molecule has 1 saturated carbocycles. The molecule has 10 heteroatoms. The summed E-state index contributed by atoms with van der Waals surface area (Å²) in [5, 5.41) is 6.11. The van der Waals surface area contributed by atoms with Crippen molar-refractivity contribution in [2.75, 3.05) is 6.61 Å². The normalized spacial score (nSPS) is 22.2. The van der Waals surface area contributed by atoms with E-state index in [9.17, 15) is 23.2 Å². The average Bonchev–Trinajstić information content (AvgIpc) is 3.59. The molecule has 7 nitrogen and oxygen atoms in total. The van der Waals surface area contributed by atoms with Crippen LogP contribution in [0, 0.1) is 17.6 Å². The maximum absolute atomic E-state index is 13.8. The molecule has 0 aromatic heterocycles. The molecule has 2 heterocycles. The van der Waals surface area contributed by atoms with Gasteiger partial charge in [0, 0.05) is 23.4 Å². The van der Waals surface area contributed by atoms with E-state index in [0.717, 1.165) is 51.7 Å². The minimum atomic E-state index is -0.787. The molecule has 0 spiro atoms. The zero-order valence-electron chi connectivity index (χ0n) is 23.8. The van der Waals surface area contributed by atoms with Gasteiger partial charge >= 0.3 is 5.97 Å². The highest BCUT2D eigenvalue weighted by molar-refractivity contribution is 9.10. The number of amides is 2. The third-order valence-electron chi connectivity index (χ3n) is 8.38. The Morgan fingerprint density at radius 1 is 0.932 bits per heavy atom. The number of esters is 1. The van der Waals surface area contributed by atoms with E-state index >= 15 is 0 Å². The number of hydrogen-bond donors (Lipinski definition) is 0. The van der Waals surface area contributed by atoms with Gasteiger partial charge in [-0.05, 0) is 90.4 Å². The lowest BCUT2D eigenvalue weighted by Crippen LogP contribution is -2.41. The van der Waals surface area contributed by atoms with Crippen LogP contribution >= 0.6 is 15.9 Å². The number of benzene rings is 3. The molecule has 3 aliphatic rings. The van der Waals surface area contributed by atoms with Crippen LogP contribution in [0.5, 0.6) is 0 Å². The van der Waals surface area contributed by atoms with Crippen LogP contribution in [0.3, 0.4) is 0 Å². The van der Waals surface area contributed by atoms with Crippen molar-refractivity contribution in [3.63, 3.8) is 0 Å². The lowest BCUT2D eigenvalue weighted by molar-refractivity contribution is -0.158. The summed E-state index contributed by atoms with van der Waals surface area (Å²) in [6, 6.07) is 18.4. The molecule has 2 aliphatic heterocycles. The second-order valence-electron chi connectivity index (χ2n) is 11.3. The molecular formula is C34H30BrF2N3O4. The van der Waals surface area contributed by atoms with Crippen molar-refractivity contribution in [1.29, 1.82) is 0 Å². The van der Waals surface area contributed by atoms with Crippen LogP contribution in [0.4, 0.5) is 8.78 Å². The lowest BCUT2D eigenvalue weighted by Gasteiger charge is -2.29. The summed E-state index contributed by atoms with van der Waals surface area (Å²) in [5.41, 5.74) is 4.11. The van der Waals surface area contributed by atoms with Gasteiger partial charge < -0.3 is 9.64 Å². The van der Waals surface area contributed by atoms with E-state index in [2.05, 4.69) is 15.9 Å². The summed E-state index contributed by atoms with van der Waals surface area (Å²) < 4.78 is 33.8. The van der Waals surface area contributed by atoms with Crippen LogP contribution in [-0.4, -0.2) is 46.1 Å². The number of ether oxygens (including phenoxy) is 1. The van der Waals surface area contributed by atoms with E-state index < -0.39 is 30.6 Å². The molecule has 1 saturated heterocycles. The summed E-state index contributed by atoms with van der Waals surface area (Å²) in [6.07, 6.45) is 4.85. The Balaban J connectivity index is 1.21. The van der Waals surface area contributed by atoms with Crippen molar-refractivity contribution in [1.82, 2.24) is 9.91 Å². The van der Waals surface area contributed by atoms with Crippen LogP contribution in [-0.2, 0) is 25.7 Å². The van der Waals surface area contributed by atoms with Crippen LogP contribution < -0.4 is 0 Å². The van der Waals surface area contributed by atoms with E-state index in [0.29, 0.717) is 6.42 Å². The molecule has 2 fully saturated rings. The van der Waals surface area contributed by atoms with Crippen LogP contribution in [0.15, 0.2) is 87.9 Å². The van der Waals surface area contributed by atoms with E-state index in [1.807, 2.05) is 30.3 Å². The van der Waals surface area contributed by atoms with Gasteiger partial charge in [-0.15, -0.1) is 0 Å². The third-order valence-corrected chi connectivity index (χ3v) is 8.91. The van der Waals surface area contributed by atoms with Gasteiger partial charge in [0.2, 0.25) is 5.91 Å². The standard InChI is InChI=1S/C34H30BrF2N3O4/c35-25-10-4-22(5-11-25)19-39-29(16-17-30(39)41)34(43)44-20-31(42)40-33(23-8-14-27(37)15-9-23)28-3-1-2-24(32(28)38-40)18-21-6-12-26(36)13-7-21/h4-15,18,28-29,33H,1-3,16-17,19-20H2/b24-18-. The quantitative estimate of drug-likeness (QED) is 0.268. The number of halogens is 3. The predicted molar refractivity (Wildman–Crippen MR) is 164 cm³/mol. The zero-order valence-corrected chi connectivity index (χ0v) is 25.4. The molecule has 3 atom stereocenters. The van der Waals surface area contributed by atoms with Crippen molar-refractivity contribution in [3.8, 4) is 0 Å². The number of hydrazone groups is 1. The Hall–Kier alpha value is -4.18. The van der Waals surface area contributed by atoms with Gasteiger partial charge in [0.15, 0.2) is 6.61 Å². The largest absolute Gasteiger partial charge is 0.454 e. The highest BCUT2D eigenvalue weighted by Gasteiger charge is 2.44. The maximum atomic E-state index is 13.8. The van der Waals surface area contributed by atoms with Crippen LogP contribution in [0.1, 0.15) is 54.8 Å². The van der Waals surface area contributed by atoms with Gasteiger partial charge in [0.05, 0.1) is 11.8 Å². The first-order valence-electron chi connectivity index (χ1n) is 14.6. The van der Waals surface area contributed by atoms with Crippen molar-refractivity contribution in [2.24, 2.45) is 11.0 Å². The zero-order chi connectivity index (χ0) is 30.8. The molecule has 0 radical (unpaired) electrons. The first-order valence-corrected chi connectivity index (χ1v) is 15.4. The summed E-state index contributed by atoms with van der Waals surface area (Å²) >= 11 is 3.40. The van der Waals surface area contributed by atoms with Crippen molar-refractivity contribution in [2.45, 2.75) is 50.7 Å². The van der Waals surface area contributed by atoms with Crippen LogP contribution in [0.2, 0.25) is 0 Å². The van der Waals surface area contributed by atoms with Crippen LogP contribution in [0.25, 0.3) is 6.08 Å². The Morgan fingerprint density at radius 3 is 2.32 bits per heavy atom. The maximum Gasteiger partial charge on any atom is 0.329 e. The number of likely N-dealkylation sites (tertiary alicyclic amines) is 1. The summed E-state index contributed by atoms with van der Waals surface area (Å²) in [7, 11) is 0. The Bertz CT molecular complexity index is 1620. The van der Waals surface area contributed by atoms with Crippen molar-refractivity contribution in [3.05, 3.63) is 111 Å². The highest BCUT2D eigenvalue weighted by atomic mass is 79.9. The first-order chi connectivity index (χ1) is 21.3. The van der Waals surface area contributed by atoms with E-state index in [1.165, 1.54) is 34.2 Å². The third kappa shape index (κ3) is 6.36. The Labute approximate surface area is 262 Å². The Kier molecular flexibility index (Phi) is 8.70. The SMILES string of the molecule is O=C(OCC(=O)N1N=C2/C(=C\c3ccc(F)cc3)CCCC2C1c1ccc(F)cc1)C1CCC(=O)N1Cc1ccc(Br)cc1. The number of carbonyl (C=O) groups is 3. The minimum absolute atomic E-state index is 0.144. The lowest BCUT2D eigenvalue weighted by atomic mass is 9.77. The minimum Gasteiger partial charge on any atom is -0.454 e. The molecule has 0 bridgehead atoms. The fourth-order valence-corrected chi connectivity index (χ4v) is 6.48. The van der Waals surface area contributed by atoms with Gasteiger partial charge in [-0.2, -0.15) is 5.10 Å². The summed E-state index contributed by atoms with van der Waals surface area (Å²) in [4.78, 5) is 40.9. The molecule has 1 aliphatic carbocycles. The second kappa shape index (κ2) is 12.8. The van der Waals surface area contributed by atoms with Gasteiger partial charge in [-0.1, -0.05) is 52.3 Å². The number of fused-ring (bicyclic) bond motifs is 1. The van der Waals surface area contributed by atoms with Gasteiger partial charge in [-0.25, -0.2) is 18.6 Å². The number of allylic oxidation sites excluding steroid dienone is 1. The fraction of sp³-hybridized carbons (Fsp3) is 0.294. The van der Waals surface area contributed by atoms with E-state index in [4.69, 9.17) is 9.84 Å².